The second-order valence-electron chi connectivity index (χ2n) is 6.68. The van der Waals surface area contributed by atoms with E-state index in [-0.39, 0.29) is 17.5 Å². The van der Waals surface area contributed by atoms with Crippen LogP contribution in [0.15, 0.2) is 29.3 Å². The Kier molecular flexibility index (Phi) is 7.54. The lowest BCUT2D eigenvalue weighted by molar-refractivity contribution is 0.0840. The average Bonchev–Trinajstić information content (AvgIpc) is 2.64. The fourth-order valence-corrected chi connectivity index (χ4v) is 3.09. The number of likely N-dealkylation sites (tertiary alicyclic amines) is 1. The Morgan fingerprint density at radius 2 is 2.00 bits per heavy atom. The molecule has 1 heterocycles. The smallest absolute Gasteiger partial charge is 0.206 e. The van der Waals surface area contributed by atoms with Crippen molar-refractivity contribution in [1.29, 1.82) is 5.26 Å². The summed E-state index contributed by atoms with van der Waals surface area (Å²) in [4.78, 5) is 21.0. The maximum atomic E-state index is 13.0. The molecule has 0 aliphatic carbocycles. The molecular weight excluding hydrogens is 333 g/mol. The Morgan fingerprint density at radius 3 is 2.58 bits per heavy atom. The van der Waals surface area contributed by atoms with E-state index >= 15 is 0 Å². The van der Waals surface area contributed by atoms with Gasteiger partial charge in [0, 0.05) is 32.1 Å². The minimum absolute atomic E-state index is 0.0231. The number of halogens is 1. The Labute approximate surface area is 154 Å². The van der Waals surface area contributed by atoms with Crippen molar-refractivity contribution in [1.82, 2.24) is 15.1 Å². The van der Waals surface area contributed by atoms with Gasteiger partial charge in [0.2, 0.25) is 5.96 Å². The second-order valence-corrected chi connectivity index (χ2v) is 6.68. The first-order valence-electron chi connectivity index (χ1n) is 8.90. The molecule has 1 N–H and O–H groups in total. The summed E-state index contributed by atoms with van der Waals surface area (Å²) in [7, 11) is 3.68. The van der Waals surface area contributed by atoms with E-state index in [9.17, 15) is 9.18 Å². The van der Waals surface area contributed by atoms with Crippen LogP contribution in [0.4, 0.5) is 4.39 Å². The van der Waals surface area contributed by atoms with Gasteiger partial charge in [-0.05, 0) is 63.2 Å². The van der Waals surface area contributed by atoms with Crippen molar-refractivity contribution in [2.24, 2.45) is 10.9 Å². The van der Waals surface area contributed by atoms with E-state index in [0.29, 0.717) is 18.1 Å². The number of carbonyl (C=O) groups excluding carboxylic acids is 1. The lowest BCUT2D eigenvalue weighted by Gasteiger charge is -2.31. The van der Waals surface area contributed by atoms with Crippen LogP contribution in [0.5, 0.6) is 0 Å². The third-order valence-corrected chi connectivity index (χ3v) is 4.57. The van der Waals surface area contributed by atoms with E-state index in [1.54, 1.807) is 17.0 Å². The standard InChI is InChI=1S/C19H26FN5O/c1-24(2)19(23-14-21)22-10-3-11-25-12-8-16(9-13-25)18(26)15-4-6-17(20)7-5-15/h4-7,16H,3,8-13H2,1-2H3,(H,22,23). The van der Waals surface area contributed by atoms with E-state index in [4.69, 9.17) is 5.26 Å². The van der Waals surface area contributed by atoms with Crippen LogP contribution >= 0.6 is 0 Å². The van der Waals surface area contributed by atoms with Crippen LogP contribution in [-0.2, 0) is 0 Å². The van der Waals surface area contributed by atoms with Crippen LogP contribution in [0.1, 0.15) is 29.6 Å². The quantitative estimate of drug-likeness (QED) is 0.210. The van der Waals surface area contributed by atoms with Crippen molar-refractivity contribution in [2.45, 2.75) is 19.3 Å². The lowest BCUT2D eigenvalue weighted by atomic mass is 9.89. The number of rotatable bonds is 6. The molecule has 0 unspecified atom stereocenters. The van der Waals surface area contributed by atoms with Crippen LogP contribution < -0.4 is 5.32 Å². The first-order valence-corrected chi connectivity index (χ1v) is 8.90. The number of carbonyl (C=O) groups is 1. The predicted octanol–water partition coefficient (Wildman–Crippen LogP) is 2.10. The second kappa shape index (κ2) is 9.88. The summed E-state index contributed by atoms with van der Waals surface area (Å²) >= 11 is 0. The molecular formula is C19H26FN5O. The lowest BCUT2D eigenvalue weighted by Crippen LogP contribution is -2.37. The molecule has 0 atom stereocenters. The third kappa shape index (κ3) is 5.81. The number of nitriles is 1. The van der Waals surface area contributed by atoms with Crippen LogP contribution in [-0.4, -0.2) is 61.8 Å². The van der Waals surface area contributed by atoms with E-state index in [1.165, 1.54) is 12.1 Å². The number of ketones is 1. The van der Waals surface area contributed by atoms with Crippen LogP contribution in [0.25, 0.3) is 0 Å². The molecule has 0 aromatic heterocycles. The number of nitrogens with zero attached hydrogens (tertiary/aromatic N) is 4. The number of piperidine rings is 1. The molecule has 0 spiro atoms. The third-order valence-electron chi connectivity index (χ3n) is 4.57. The molecule has 0 saturated carbocycles. The summed E-state index contributed by atoms with van der Waals surface area (Å²) in [6, 6.07) is 5.82. The van der Waals surface area contributed by atoms with Gasteiger partial charge in [0.15, 0.2) is 12.0 Å². The number of benzene rings is 1. The van der Waals surface area contributed by atoms with Gasteiger partial charge >= 0.3 is 0 Å². The van der Waals surface area contributed by atoms with Gasteiger partial charge in [-0.2, -0.15) is 5.26 Å². The molecule has 1 aliphatic rings. The molecule has 7 heteroatoms. The number of aliphatic imine (C=N–C) groups is 1. The fraction of sp³-hybridized carbons (Fsp3) is 0.526. The number of nitrogens with one attached hydrogen (secondary N) is 1. The molecule has 2 rings (SSSR count). The van der Waals surface area contributed by atoms with Crippen molar-refractivity contribution in [3.8, 4) is 6.19 Å². The molecule has 1 aliphatic heterocycles. The van der Waals surface area contributed by atoms with Crippen LogP contribution in [0, 0.1) is 23.2 Å². The summed E-state index contributed by atoms with van der Waals surface area (Å²) in [6.45, 7) is 3.35. The zero-order chi connectivity index (χ0) is 18.9. The molecule has 1 saturated heterocycles. The first-order chi connectivity index (χ1) is 12.5. The summed E-state index contributed by atoms with van der Waals surface area (Å²) in [6.07, 6.45) is 4.45. The Morgan fingerprint density at radius 1 is 1.35 bits per heavy atom. The minimum Gasteiger partial charge on any atom is -0.348 e. The monoisotopic (exact) mass is 359 g/mol. The molecule has 1 aromatic rings. The highest BCUT2D eigenvalue weighted by molar-refractivity contribution is 5.97. The summed E-state index contributed by atoms with van der Waals surface area (Å²) in [5, 5.41) is 11.3. The summed E-state index contributed by atoms with van der Waals surface area (Å²) in [5.41, 5.74) is 0.598. The highest BCUT2D eigenvalue weighted by atomic mass is 19.1. The molecule has 1 fully saturated rings. The number of hydrogen-bond donors (Lipinski definition) is 1. The van der Waals surface area contributed by atoms with E-state index < -0.39 is 0 Å². The number of hydrogen-bond acceptors (Lipinski definition) is 4. The maximum Gasteiger partial charge on any atom is 0.206 e. The first kappa shape index (κ1) is 19.9. The van der Waals surface area contributed by atoms with Gasteiger partial charge in [0.05, 0.1) is 0 Å². The molecule has 0 bridgehead atoms. The highest BCUT2D eigenvalue weighted by Gasteiger charge is 2.25. The van der Waals surface area contributed by atoms with E-state index in [0.717, 1.165) is 38.9 Å². The highest BCUT2D eigenvalue weighted by Crippen LogP contribution is 2.22. The largest absolute Gasteiger partial charge is 0.348 e. The topological polar surface area (TPSA) is 71.7 Å². The number of guanidine groups is 1. The van der Waals surface area contributed by atoms with Crippen molar-refractivity contribution < 1.29 is 9.18 Å². The molecule has 1 aromatic carbocycles. The Bertz CT molecular complexity index is 658. The minimum atomic E-state index is -0.318. The maximum absolute atomic E-state index is 13.0. The van der Waals surface area contributed by atoms with Crippen LogP contribution in [0.2, 0.25) is 0 Å². The van der Waals surface area contributed by atoms with Crippen molar-refractivity contribution in [3.05, 3.63) is 35.6 Å². The Balaban J connectivity index is 1.73. The SMILES string of the molecule is CN(C)/C(=N\CCCN1CCC(C(=O)c2ccc(F)cc2)CC1)NC#N. The van der Waals surface area contributed by atoms with Crippen molar-refractivity contribution >= 4 is 11.7 Å². The molecule has 26 heavy (non-hydrogen) atoms. The molecule has 6 nitrogen and oxygen atoms in total. The van der Waals surface area contributed by atoms with Gasteiger partial charge in [-0.15, -0.1) is 0 Å². The van der Waals surface area contributed by atoms with Crippen molar-refractivity contribution in [3.63, 3.8) is 0 Å². The average molecular weight is 359 g/mol. The molecule has 0 amide bonds. The van der Waals surface area contributed by atoms with Gasteiger partial charge in [-0.3, -0.25) is 15.1 Å². The molecule has 140 valence electrons. The van der Waals surface area contributed by atoms with E-state index in [1.807, 2.05) is 20.3 Å². The fourth-order valence-electron chi connectivity index (χ4n) is 3.09. The zero-order valence-corrected chi connectivity index (χ0v) is 15.4. The zero-order valence-electron chi connectivity index (χ0n) is 15.4. The number of Topliss-reactive ketones (excluding diaryl/α,β-unsaturated/α-hetero) is 1. The predicted molar refractivity (Wildman–Crippen MR) is 99.2 cm³/mol. The summed E-state index contributed by atoms with van der Waals surface area (Å²) < 4.78 is 13.0. The van der Waals surface area contributed by atoms with Gasteiger partial charge in [0.25, 0.3) is 0 Å². The van der Waals surface area contributed by atoms with Gasteiger partial charge in [-0.25, -0.2) is 4.39 Å². The van der Waals surface area contributed by atoms with Crippen molar-refractivity contribution in [2.75, 3.05) is 40.3 Å². The Hall–Kier alpha value is -2.46. The summed E-state index contributed by atoms with van der Waals surface area (Å²) in [5.74, 6) is 0.389. The van der Waals surface area contributed by atoms with Crippen LogP contribution in [0.3, 0.4) is 0 Å². The normalized spacial score (nSPS) is 16.2. The molecule has 0 radical (unpaired) electrons. The van der Waals surface area contributed by atoms with Gasteiger partial charge in [-0.1, -0.05) is 0 Å². The van der Waals surface area contributed by atoms with Gasteiger partial charge < -0.3 is 9.80 Å². The van der Waals surface area contributed by atoms with E-state index in [2.05, 4.69) is 15.2 Å². The van der Waals surface area contributed by atoms with Gasteiger partial charge in [0.1, 0.15) is 5.82 Å².